The highest BCUT2D eigenvalue weighted by molar-refractivity contribution is 7.89. The number of nitrogens with one attached hydrogen (secondary N) is 1. The van der Waals surface area contributed by atoms with E-state index in [-0.39, 0.29) is 16.7 Å². The van der Waals surface area contributed by atoms with Gasteiger partial charge in [-0.05, 0) is 63.3 Å². The second kappa shape index (κ2) is 8.39. The van der Waals surface area contributed by atoms with Gasteiger partial charge in [0.05, 0.1) is 4.90 Å². The van der Waals surface area contributed by atoms with Gasteiger partial charge in [-0.1, -0.05) is 0 Å². The van der Waals surface area contributed by atoms with Crippen LogP contribution < -0.4 is 5.32 Å². The van der Waals surface area contributed by atoms with Gasteiger partial charge in [-0.25, -0.2) is 8.42 Å². The Morgan fingerprint density at radius 1 is 0.926 bits per heavy atom. The minimum absolute atomic E-state index is 0.0729. The molecule has 0 bridgehead atoms. The van der Waals surface area contributed by atoms with E-state index in [1.54, 1.807) is 11.8 Å². The maximum atomic E-state index is 12.5. The molecule has 7 nitrogen and oxygen atoms in total. The fourth-order valence-corrected chi connectivity index (χ4v) is 5.10. The number of benzene rings is 1. The third-order valence-electron chi connectivity index (χ3n) is 5.21. The average molecular weight is 394 g/mol. The number of likely N-dealkylation sites (tertiary alicyclic amines) is 1. The van der Waals surface area contributed by atoms with Crippen molar-refractivity contribution in [2.24, 2.45) is 0 Å². The first kappa shape index (κ1) is 19.8. The van der Waals surface area contributed by atoms with E-state index in [2.05, 4.69) is 5.32 Å². The van der Waals surface area contributed by atoms with E-state index in [9.17, 15) is 18.0 Å². The molecule has 148 valence electrons. The SMILES string of the molecule is C[C@@H](NC(=O)c1ccc(S(=O)(=O)N2CCCC2)cc1)C(=O)N1CCCCC1. The molecule has 1 aromatic rings. The largest absolute Gasteiger partial charge is 0.341 e. The molecule has 0 spiro atoms. The Balaban J connectivity index is 1.62. The Kier molecular flexibility index (Phi) is 6.16. The lowest BCUT2D eigenvalue weighted by Gasteiger charge is -2.29. The fourth-order valence-electron chi connectivity index (χ4n) is 3.59. The number of hydrogen-bond acceptors (Lipinski definition) is 4. The normalized spacial score (nSPS) is 19.7. The van der Waals surface area contributed by atoms with Gasteiger partial charge in [0.25, 0.3) is 5.91 Å². The molecule has 0 aliphatic carbocycles. The van der Waals surface area contributed by atoms with Gasteiger partial charge in [-0.3, -0.25) is 9.59 Å². The van der Waals surface area contributed by atoms with Crippen molar-refractivity contribution >= 4 is 21.8 Å². The summed E-state index contributed by atoms with van der Waals surface area (Å²) in [7, 11) is -3.49. The number of piperidine rings is 1. The van der Waals surface area contributed by atoms with Gasteiger partial charge in [0.2, 0.25) is 15.9 Å². The van der Waals surface area contributed by atoms with Crippen molar-refractivity contribution in [2.75, 3.05) is 26.2 Å². The molecule has 2 saturated heterocycles. The number of sulfonamides is 1. The molecule has 8 heteroatoms. The summed E-state index contributed by atoms with van der Waals surface area (Å²) in [4.78, 5) is 26.8. The van der Waals surface area contributed by atoms with Crippen LogP contribution in [0.2, 0.25) is 0 Å². The lowest BCUT2D eigenvalue weighted by Crippen LogP contribution is -2.48. The molecule has 0 saturated carbocycles. The van der Waals surface area contributed by atoms with Gasteiger partial charge >= 0.3 is 0 Å². The lowest BCUT2D eigenvalue weighted by atomic mass is 10.1. The maximum Gasteiger partial charge on any atom is 0.251 e. The average Bonchev–Trinajstić information content (AvgIpc) is 3.24. The molecular formula is C19H27N3O4S. The molecule has 0 aromatic heterocycles. The van der Waals surface area contributed by atoms with E-state index >= 15 is 0 Å². The van der Waals surface area contributed by atoms with Gasteiger partial charge in [0, 0.05) is 31.7 Å². The number of rotatable bonds is 5. The third-order valence-corrected chi connectivity index (χ3v) is 7.12. The third kappa shape index (κ3) is 4.50. The standard InChI is InChI=1S/C19H27N3O4S/c1-15(19(24)21-11-3-2-4-12-21)20-18(23)16-7-9-17(10-8-16)27(25,26)22-13-5-6-14-22/h7-10,15H,2-6,11-14H2,1H3,(H,20,23)/t15-/m1/s1. The summed E-state index contributed by atoms with van der Waals surface area (Å²) in [6.07, 6.45) is 4.89. The number of amides is 2. The van der Waals surface area contributed by atoms with Crippen LogP contribution in [0.25, 0.3) is 0 Å². The highest BCUT2D eigenvalue weighted by Crippen LogP contribution is 2.21. The minimum atomic E-state index is -3.49. The summed E-state index contributed by atoms with van der Waals surface area (Å²) in [6, 6.07) is 5.30. The number of hydrogen-bond donors (Lipinski definition) is 1. The Labute approximate surface area is 160 Å². The van der Waals surface area contributed by atoms with Crippen molar-refractivity contribution in [3.63, 3.8) is 0 Å². The maximum absolute atomic E-state index is 12.5. The van der Waals surface area contributed by atoms with Crippen LogP contribution in [0.4, 0.5) is 0 Å². The Hall–Kier alpha value is -1.93. The van der Waals surface area contributed by atoms with Crippen LogP contribution in [0.1, 0.15) is 49.4 Å². The molecule has 2 heterocycles. The van der Waals surface area contributed by atoms with Crippen LogP contribution in [0.5, 0.6) is 0 Å². The van der Waals surface area contributed by atoms with Crippen LogP contribution in [0, 0.1) is 0 Å². The zero-order valence-electron chi connectivity index (χ0n) is 15.7. The molecule has 2 amide bonds. The van der Waals surface area contributed by atoms with E-state index in [1.807, 2.05) is 0 Å². The molecule has 3 rings (SSSR count). The number of carbonyl (C=O) groups excluding carboxylic acids is 2. The first-order chi connectivity index (χ1) is 12.9. The van der Waals surface area contributed by atoms with Crippen molar-refractivity contribution in [1.82, 2.24) is 14.5 Å². The van der Waals surface area contributed by atoms with Gasteiger partial charge in [-0.15, -0.1) is 0 Å². The van der Waals surface area contributed by atoms with Gasteiger partial charge in [0.15, 0.2) is 0 Å². The summed E-state index contributed by atoms with van der Waals surface area (Å²) in [5.41, 5.74) is 0.341. The molecule has 1 aromatic carbocycles. The molecule has 1 atom stereocenters. The quantitative estimate of drug-likeness (QED) is 0.823. The van der Waals surface area contributed by atoms with E-state index in [0.717, 1.165) is 45.2 Å². The first-order valence-corrected chi connectivity index (χ1v) is 11.0. The van der Waals surface area contributed by atoms with E-state index in [1.165, 1.54) is 28.6 Å². The predicted octanol–water partition coefficient (Wildman–Crippen LogP) is 1.60. The molecule has 0 radical (unpaired) electrons. The van der Waals surface area contributed by atoms with Gasteiger partial charge < -0.3 is 10.2 Å². The summed E-state index contributed by atoms with van der Waals surface area (Å²) >= 11 is 0. The molecule has 2 fully saturated rings. The Morgan fingerprint density at radius 3 is 2.07 bits per heavy atom. The Morgan fingerprint density at radius 2 is 1.48 bits per heavy atom. The van der Waals surface area contributed by atoms with Crippen molar-refractivity contribution < 1.29 is 18.0 Å². The van der Waals surface area contributed by atoms with Crippen LogP contribution in [0.15, 0.2) is 29.2 Å². The molecule has 0 unspecified atom stereocenters. The van der Waals surface area contributed by atoms with E-state index in [0.29, 0.717) is 18.7 Å². The first-order valence-electron chi connectivity index (χ1n) is 9.59. The van der Waals surface area contributed by atoms with Crippen molar-refractivity contribution in [1.29, 1.82) is 0 Å². The van der Waals surface area contributed by atoms with Crippen LogP contribution in [-0.2, 0) is 14.8 Å². The lowest BCUT2D eigenvalue weighted by molar-refractivity contribution is -0.133. The Bertz CT molecular complexity index is 780. The highest BCUT2D eigenvalue weighted by atomic mass is 32.2. The van der Waals surface area contributed by atoms with Gasteiger partial charge in [0.1, 0.15) is 6.04 Å². The van der Waals surface area contributed by atoms with Crippen LogP contribution in [0.3, 0.4) is 0 Å². The summed E-state index contributed by atoms with van der Waals surface area (Å²) in [5, 5.41) is 2.72. The number of carbonyl (C=O) groups is 2. The second-order valence-corrected chi connectivity index (χ2v) is 9.15. The van der Waals surface area contributed by atoms with Crippen LogP contribution in [-0.4, -0.2) is 61.7 Å². The zero-order valence-corrected chi connectivity index (χ0v) is 16.5. The van der Waals surface area contributed by atoms with Crippen molar-refractivity contribution in [3.8, 4) is 0 Å². The van der Waals surface area contributed by atoms with Crippen molar-refractivity contribution in [3.05, 3.63) is 29.8 Å². The second-order valence-electron chi connectivity index (χ2n) is 7.22. The molecular weight excluding hydrogens is 366 g/mol. The highest BCUT2D eigenvalue weighted by Gasteiger charge is 2.27. The molecule has 2 aliphatic heterocycles. The topological polar surface area (TPSA) is 86.8 Å². The molecule has 2 aliphatic rings. The van der Waals surface area contributed by atoms with E-state index in [4.69, 9.17) is 0 Å². The number of nitrogens with zero attached hydrogens (tertiary/aromatic N) is 2. The zero-order chi connectivity index (χ0) is 19.4. The molecule has 1 N–H and O–H groups in total. The van der Waals surface area contributed by atoms with E-state index < -0.39 is 16.1 Å². The summed E-state index contributed by atoms with van der Waals surface area (Å²) in [6.45, 7) is 4.24. The monoisotopic (exact) mass is 393 g/mol. The summed E-state index contributed by atoms with van der Waals surface area (Å²) < 4.78 is 26.5. The minimum Gasteiger partial charge on any atom is -0.341 e. The molecule has 27 heavy (non-hydrogen) atoms. The van der Waals surface area contributed by atoms with Gasteiger partial charge in [-0.2, -0.15) is 4.31 Å². The fraction of sp³-hybridized carbons (Fsp3) is 0.579. The van der Waals surface area contributed by atoms with Crippen LogP contribution >= 0.6 is 0 Å². The van der Waals surface area contributed by atoms with Crippen molar-refractivity contribution in [2.45, 2.75) is 50.0 Å². The summed E-state index contributed by atoms with van der Waals surface area (Å²) in [5.74, 6) is -0.450. The smallest absolute Gasteiger partial charge is 0.251 e. The predicted molar refractivity (Wildman–Crippen MR) is 102 cm³/mol.